The number of hydrogen-bond donors (Lipinski definition) is 0. The molecule has 0 saturated carbocycles. The molecule has 0 spiro atoms. The van der Waals surface area contributed by atoms with Crippen molar-refractivity contribution >= 4 is 21.4 Å². The van der Waals surface area contributed by atoms with Gasteiger partial charge in [-0.15, -0.1) is 11.6 Å². The molecule has 0 radical (unpaired) electrons. The van der Waals surface area contributed by atoms with Gasteiger partial charge in [-0.05, 0) is 30.5 Å². The Hall–Kier alpha value is -0.313. The predicted octanol–water partition coefficient (Wildman–Crippen LogP) is 2.51. The summed E-state index contributed by atoms with van der Waals surface area (Å²) in [6.07, 6.45) is 1.15. The molecule has 0 aliphatic rings. The quantitative estimate of drug-likeness (QED) is 0.413. The average Bonchev–Trinajstić information content (AvgIpc) is 2.25. The van der Waals surface area contributed by atoms with Crippen molar-refractivity contribution in [2.24, 2.45) is 0 Å². The second-order valence-corrected chi connectivity index (χ2v) is 5.04. The summed E-state index contributed by atoms with van der Waals surface area (Å²) in [5.41, 5.74) is 2.59. The van der Waals surface area contributed by atoms with Crippen LogP contribution in [0.25, 0.3) is 0 Å². The van der Waals surface area contributed by atoms with Gasteiger partial charge >= 0.3 is 0 Å². The first-order valence-corrected chi connectivity index (χ1v) is 7.19. The highest BCUT2D eigenvalue weighted by atomic mass is 35.5. The lowest BCUT2D eigenvalue weighted by atomic mass is 10.1. The van der Waals surface area contributed by atoms with Gasteiger partial charge in [-0.2, -0.15) is 0 Å². The lowest BCUT2D eigenvalue weighted by Gasteiger charge is -2.02. The molecule has 0 amide bonds. The number of hydrogen-bond acceptors (Lipinski definition) is 1. The van der Waals surface area contributed by atoms with Crippen LogP contribution in [0.2, 0.25) is 6.04 Å². The van der Waals surface area contributed by atoms with Crippen LogP contribution in [-0.2, 0) is 16.7 Å². The number of benzene rings is 1. The number of aryl methyl sites for hydroxylation is 1. The van der Waals surface area contributed by atoms with Crippen molar-refractivity contribution in [2.45, 2.75) is 25.3 Å². The van der Waals surface area contributed by atoms with Gasteiger partial charge in [0.15, 0.2) is 9.76 Å². The lowest BCUT2D eigenvalue weighted by molar-refractivity contribution is 0.360. The van der Waals surface area contributed by atoms with E-state index in [-0.39, 0.29) is 9.76 Å². The van der Waals surface area contributed by atoms with E-state index in [0.29, 0.717) is 5.88 Å². The summed E-state index contributed by atoms with van der Waals surface area (Å²) < 4.78 is 5.42. The highest BCUT2D eigenvalue weighted by Crippen LogP contribution is 2.08. The molecule has 0 unspecified atom stereocenters. The highest BCUT2D eigenvalue weighted by Gasteiger charge is 1.94. The van der Waals surface area contributed by atoms with Gasteiger partial charge in [-0.1, -0.05) is 24.3 Å². The lowest BCUT2D eigenvalue weighted by Crippen LogP contribution is -1.99. The summed E-state index contributed by atoms with van der Waals surface area (Å²) in [5.74, 6) is 0.605. The van der Waals surface area contributed by atoms with E-state index in [1.54, 1.807) is 0 Å². The first kappa shape index (κ1) is 11.8. The molecule has 14 heavy (non-hydrogen) atoms. The predicted molar refractivity (Wildman–Crippen MR) is 64.7 cm³/mol. The van der Waals surface area contributed by atoms with E-state index in [1.807, 2.05) is 0 Å². The van der Waals surface area contributed by atoms with Gasteiger partial charge in [0.1, 0.15) is 0 Å². The maximum atomic E-state index is 5.71. The molecule has 3 heteroatoms. The van der Waals surface area contributed by atoms with Gasteiger partial charge in [0, 0.05) is 12.5 Å². The topological polar surface area (TPSA) is 9.23 Å². The molecule has 0 bridgehead atoms. The monoisotopic (exact) mass is 228 g/mol. The zero-order valence-corrected chi connectivity index (χ0v) is 10.8. The number of halogens is 1. The Morgan fingerprint density at radius 1 is 1.21 bits per heavy atom. The first-order chi connectivity index (χ1) is 6.86. The maximum Gasteiger partial charge on any atom is 0.161 e. The Balaban J connectivity index is 2.29. The molecule has 1 aromatic carbocycles. The van der Waals surface area contributed by atoms with Crippen LogP contribution < -0.4 is 0 Å². The zero-order valence-electron chi connectivity index (χ0n) is 8.63. The Bertz CT molecular complexity index is 248. The van der Waals surface area contributed by atoms with Crippen LogP contribution in [0.5, 0.6) is 0 Å². The smallest absolute Gasteiger partial charge is 0.161 e. The molecular formula is C11H17ClOSi. The zero-order chi connectivity index (χ0) is 10.2. The fourth-order valence-corrected chi connectivity index (χ4v) is 2.54. The summed E-state index contributed by atoms with van der Waals surface area (Å²) in [6.45, 7) is 2.93. The molecule has 0 saturated heterocycles. The SMILES string of the molecule is CCO[SiH2]CCc1ccc(CCl)cc1. The molecule has 0 atom stereocenters. The molecule has 0 N–H and O–H groups in total. The summed E-state index contributed by atoms with van der Waals surface area (Å²) in [7, 11) is -0.274. The van der Waals surface area contributed by atoms with E-state index in [9.17, 15) is 0 Å². The van der Waals surface area contributed by atoms with Crippen molar-refractivity contribution in [2.75, 3.05) is 6.61 Å². The fourth-order valence-electron chi connectivity index (χ4n) is 1.32. The summed E-state index contributed by atoms with van der Waals surface area (Å²) >= 11 is 5.71. The van der Waals surface area contributed by atoms with Gasteiger partial charge in [-0.25, -0.2) is 0 Å². The van der Waals surface area contributed by atoms with Crippen LogP contribution in [0.1, 0.15) is 18.1 Å². The molecular weight excluding hydrogens is 212 g/mol. The van der Waals surface area contributed by atoms with Crippen molar-refractivity contribution in [3.05, 3.63) is 35.4 Å². The molecule has 1 nitrogen and oxygen atoms in total. The van der Waals surface area contributed by atoms with Crippen LogP contribution in [0.3, 0.4) is 0 Å². The number of alkyl halides is 1. The molecule has 1 aromatic rings. The number of rotatable bonds is 6. The largest absolute Gasteiger partial charge is 0.424 e. The molecule has 0 fully saturated rings. The standard InChI is InChI=1S/C11H17ClOSi/c1-2-13-14-8-7-10-3-5-11(9-12)6-4-10/h3-6H,2,7-9,14H2,1H3. The van der Waals surface area contributed by atoms with E-state index < -0.39 is 0 Å². The molecule has 0 heterocycles. The third-order valence-corrected chi connectivity index (χ3v) is 3.78. The van der Waals surface area contributed by atoms with Crippen molar-refractivity contribution in [3.8, 4) is 0 Å². The highest BCUT2D eigenvalue weighted by molar-refractivity contribution is 6.27. The molecule has 0 aliphatic carbocycles. The third-order valence-electron chi connectivity index (χ3n) is 2.14. The van der Waals surface area contributed by atoms with Gasteiger partial charge in [-0.3, -0.25) is 0 Å². The van der Waals surface area contributed by atoms with Gasteiger partial charge in [0.05, 0.1) is 0 Å². The Labute approximate surface area is 93.4 Å². The van der Waals surface area contributed by atoms with Crippen LogP contribution in [-0.4, -0.2) is 16.4 Å². The summed E-state index contributed by atoms with van der Waals surface area (Å²) in [4.78, 5) is 0. The second-order valence-electron chi connectivity index (χ2n) is 3.25. The van der Waals surface area contributed by atoms with Crippen LogP contribution in [0.15, 0.2) is 24.3 Å². The van der Waals surface area contributed by atoms with Crippen LogP contribution >= 0.6 is 11.6 Å². The van der Waals surface area contributed by atoms with Crippen molar-refractivity contribution < 1.29 is 4.43 Å². The molecule has 1 rings (SSSR count). The van der Waals surface area contributed by atoms with Crippen LogP contribution in [0, 0.1) is 0 Å². The minimum atomic E-state index is -0.274. The first-order valence-electron chi connectivity index (χ1n) is 5.08. The molecule has 0 aliphatic heterocycles. The summed E-state index contributed by atoms with van der Waals surface area (Å²) in [6, 6.07) is 9.76. The Morgan fingerprint density at radius 2 is 1.86 bits per heavy atom. The van der Waals surface area contributed by atoms with E-state index >= 15 is 0 Å². The Kier molecular flexibility index (Phi) is 5.92. The second kappa shape index (κ2) is 7.04. The molecule has 0 aromatic heterocycles. The normalized spacial score (nSPS) is 11.3. The average molecular weight is 229 g/mol. The third kappa shape index (κ3) is 4.27. The van der Waals surface area contributed by atoms with Gasteiger partial charge < -0.3 is 4.43 Å². The summed E-state index contributed by atoms with van der Waals surface area (Å²) in [5, 5.41) is 0. The van der Waals surface area contributed by atoms with Crippen molar-refractivity contribution in [1.29, 1.82) is 0 Å². The van der Waals surface area contributed by atoms with E-state index in [1.165, 1.54) is 17.2 Å². The van der Waals surface area contributed by atoms with E-state index in [0.717, 1.165) is 13.0 Å². The van der Waals surface area contributed by atoms with Gasteiger partial charge in [0.2, 0.25) is 0 Å². The van der Waals surface area contributed by atoms with Crippen molar-refractivity contribution in [3.63, 3.8) is 0 Å². The van der Waals surface area contributed by atoms with E-state index in [4.69, 9.17) is 16.0 Å². The Morgan fingerprint density at radius 3 is 2.43 bits per heavy atom. The maximum absolute atomic E-state index is 5.71. The fraction of sp³-hybridized carbons (Fsp3) is 0.455. The molecule has 78 valence electrons. The van der Waals surface area contributed by atoms with E-state index in [2.05, 4.69) is 31.2 Å². The minimum Gasteiger partial charge on any atom is -0.424 e. The van der Waals surface area contributed by atoms with Crippen LogP contribution in [0.4, 0.5) is 0 Å². The van der Waals surface area contributed by atoms with Crippen molar-refractivity contribution in [1.82, 2.24) is 0 Å². The van der Waals surface area contributed by atoms with Gasteiger partial charge in [0.25, 0.3) is 0 Å². The minimum absolute atomic E-state index is 0.274.